The third kappa shape index (κ3) is 4.88. The molecule has 0 radical (unpaired) electrons. The summed E-state index contributed by atoms with van der Waals surface area (Å²) in [7, 11) is -3.87. The molecule has 1 aromatic heterocycles. The number of hydrogen-bond acceptors (Lipinski definition) is 7. The molecule has 1 aromatic carbocycles. The Labute approximate surface area is 168 Å². The third-order valence-corrected chi connectivity index (χ3v) is 6.50. The molecule has 152 valence electrons. The molecular weight excluding hydrogens is 400 g/mol. The lowest BCUT2D eigenvalue weighted by Gasteiger charge is -2.25. The van der Waals surface area contributed by atoms with Gasteiger partial charge < -0.3 is 9.64 Å². The van der Waals surface area contributed by atoms with Gasteiger partial charge in [-0.25, -0.2) is 13.4 Å². The molecule has 2 heterocycles. The van der Waals surface area contributed by atoms with Gasteiger partial charge >= 0.3 is 0 Å². The van der Waals surface area contributed by atoms with Gasteiger partial charge in [0, 0.05) is 18.5 Å². The summed E-state index contributed by atoms with van der Waals surface area (Å²) in [4.78, 5) is 20.8. The molecule has 3 rings (SSSR count). The number of amides is 1. The molecular formula is C18H24N4O4S2. The van der Waals surface area contributed by atoms with Crippen molar-refractivity contribution in [1.29, 1.82) is 0 Å². The summed E-state index contributed by atoms with van der Waals surface area (Å²) >= 11 is 1.34. The molecule has 2 aromatic rings. The highest BCUT2D eigenvalue weighted by Gasteiger charge is 2.21. The molecule has 1 aliphatic heterocycles. The van der Waals surface area contributed by atoms with Crippen molar-refractivity contribution >= 4 is 32.4 Å². The van der Waals surface area contributed by atoms with E-state index in [1.54, 1.807) is 17.5 Å². The van der Waals surface area contributed by atoms with E-state index in [4.69, 9.17) is 4.74 Å². The van der Waals surface area contributed by atoms with Crippen LogP contribution in [0.5, 0.6) is 0 Å². The lowest BCUT2D eigenvalue weighted by molar-refractivity contribution is 0.0940. The van der Waals surface area contributed by atoms with Crippen LogP contribution in [0.25, 0.3) is 0 Å². The average molecular weight is 425 g/mol. The number of anilines is 1. The quantitative estimate of drug-likeness (QED) is 0.711. The smallest absolute Gasteiger partial charge is 0.285 e. The number of thiazole rings is 1. The number of nitrogens with zero attached hydrogens (tertiary/aromatic N) is 2. The van der Waals surface area contributed by atoms with Crippen LogP contribution in [-0.4, -0.2) is 45.6 Å². The molecule has 0 aliphatic carbocycles. The standard InChI is InChI=1S/C18H24N4O4S2/c1-18(2,3)13-4-6-14(7-5-13)28(24,25)21-20-16(23)15-12-27-17(19-15)22-8-10-26-11-9-22/h4-7,12,21H,8-11H2,1-3H3,(H,20,23). The SMILES string of the molecule is CC(C)(C)c1ccc(S(=O)(=O)NNC(=O)c2csc(N3CCOCC3)n2)cc1. The number of hydrogen-bond donors (Lipinski definition) is 2. The van der Waals surface area contributed by atoms with Crippen LogP contribution in [-0.2, 0) is 20.2 Å². The minimum Gasteiger partial charge on any atom is -0.378 e. The van der Waals surface area contributed by atoms with Crippen LogP contribution in [0.15, 0.2) is 34.5 Å². The number of sulfonamides is 1. The van der Waals surface area contributed by atoms with Gasteiger partial charge in [0.25, 0.3) is 15.9 Å². The lowest BCUT2D eigenvalue weighted by Crippen LogP contribution is -2.41. The highest BCUT2D eigenvalue weighted by molar-refractivity contribution is 7.89. The van der Waals surface area contributed by atoms with E-state index in [0.717, 1.165) is 5.56 Å². The van der Waals surface area contributed by atoms with Crippen molar-refractivity contribution in [2.75, 3.05) is 31.2 Å². The van der Waals surface area contributed by atoms with Crippen LogP contribution in [0.3, 0.4) is 0 Å². The fourth-order valence-corrected chi connectivity index (χ4v) is 4.34. The molecule has 28 heavy (non-hydrogen) atoms. The Morgan fingerprint density at radius 1 is 1.18 bits per heavy atom. The van der Waals surface area contributed by atoms with Crippen molar-refractivity contribution in [2.24, 2.45) is 0 Å². The molecule has 1 fully saturated rings. The monoisotopic (exact) mass is 424 g/mol. The fourth-order valence-electron chi connectivity index (χ4n) is 2.64. The van der Waals surface area contributed by atoms with Crippen LogP contribution in [0.1, 0.15) is 36.8 Å². The van der Waals surface area contributed by atoms with Gasteiger partial charge in [-0.15, -0.1) is 16.2 Å². The van der Waals surface area contributed by atoms with Gasteiger partial charge in [0.15, 0.2) is 5.13 Å². The molecule has 10 heteroatoms. The summed E-state index contributed by atoms with van der Waals surface area (Å²) in [5.41, 5.74) is 3.33. The Bertz CT molecular complexity index is 927. The van der Waals surface area contributed by atoms with Crippen LogP contribution >= 0.6 is 11.3 Å². The second kappa shape index (κ2) is 8.16. The average Bonchev–Trinajstić information content (AvgIpc) is 3.17. The van der Waals surface area contributed by atoms with E-state index in [0.29, 0.717) is 31.4 Å². The van der Waals surface area contributed by atoms with E-state index in [1.165, 1.54) is 23.5 Å². The van der Waals surface area contributed by atoms with Gasteiger partial charge in [-0.1, -0.05) is 32.9 Å². The van der Waals surface area contributed by atoms with E-state index in [2.05, 4.69) is 15.2 Å². The largest absolute Gasteiger partial charge is 0.378 e. The van der Waals surface area contributed by atoms with Crippen LogP contribution in [0.4, 0.5) is 5.13 Å². The topological polar surface area (TPSA) is 101 Å². The van der Waals surface area contributed by atoms with E-state index < -0.39 is 15.9 Å². The van der Waals surface area contributed by atoms with Gasteiger partial charge in [0.2, 0.25) is 0 Å². The highest BCUT2D eigenvalue weighted by Crippen LogP contribution is 2.23. The zero-order valence-corrected chi connectivity index (χ0v) is 17.7. The summed E-state index contributed by atoms with van der Waals surface area (Å²) in [6.07, 6.45) is 0. The Kier molecular flexibility index (Phi) is 6.04. The van der Waals surface area contributed by atoms with Gasteiger partial charge in [0.05, 0.1) is 18.1 Å². The van der Waals surface area contributed by atoms with Crippen LogP contribution in [0.2, 0.25) is 0 Å². The van der Waals surface area contributed by atoms with Crippen molar-refractivity contribution in [1.82, 2.24) is 15.2 Å². The summed E-state index contributed by atoms with van der Waals surface area (Å²) in [5.74, 6) is -0.606. The zero-order chi connectivity index (χ0) is 20.4. The first-order valence-electron chi connectivity index (χ1n) is 8.88. The summed E-state index contributed by atoms with van der Waals surface area (Å²) in [5, 5.41) is 2.32. The number of morpholine rings is 1. The Morgan fingerprint density at radius 2 is 1.82 bits per heavy atom. The van der Waals surface area contributed by atoms with Gasteiger partial charge in [-0.2, -0.15) is 0 Å². The maximum Gasteiger partial charge on any atom is 0.285 e. The molecule has 8 nitrogen and oxygen atoms in total. The molecule has 0 spiro atoms. The van der Waals surface area contributed by atoms with Crippen molar-refractivity contribution in [3.05, 3.63) is 40.9 Å². The molecule has 0 atom stereocenters. The van der Waals surface area contributed by atoms with Gasteiger partial charge in [-0.05, 0) is 23.1 Å². The molecule has 0 bridgehead atoms. The number of aromatic nitrogens is 1. The number of ether oxygens (including phenoxy) is 1. The minimum absolute atomic E-state index is 0.0766. The highest BCUT2D eigenvalue weighted by atomic mass is 32.2. The fraction of sp³-hybridized carbons (Fsp3) is 0.444. The van der Waals surface area contributed by atoms with Crippen molar-refractivity contribution in [2.45, 2.75) is 31.1 Å². The Balaban J connectivity index is 1.62. The number of carbonyl (C=O) groups is 1. The Morgan fingerprint density at radius 3 is 2.43 bits per heavy atom. The lowest BCUT2D eigenvalue weighted by atomic mass is 9.87. The molecule has 2 N–H and O–H groups in total. The minimum atomic E-state index is -3.87. The predicted molar refractivity (Wildman–Crippen MR) is 108 cm³/mol. The first-order chi connectivity index (χ1) is 13.2. The number of rotatable bonds is 5. The summed E-state index contributed by atoms with van der Waals surface area (Å²) in [6, 6.07) is 6.58. The molecule has 1 amide bonds. The summed E-state index contributed by atoms with van der Waals surface area (Å²) < 4.78 is 30.1. The Hall–Kier alpha value is -2.01. The van der Waals surface area contributed by atoms with E-state index >= 15 is 0 Å². The van der Waals surface area contributed by atoms with E-state index in [1.807, 2.05) is 25.7 Å². The number of hydrazine groups is 1. The van der Waals surface area contributed by atoms with E-state index in [-0.39, 0.29) is 16.0 Å². The maximum atomic E-state index is 12.4. The van der Waals surface area contributed by atoms with Crippen LogP contribution < -0.4 is 15.2 Å². The number of benzene rings is 1. The van der Waals surface area contributed by atoms with Crippen molar-refractivity contribution < 1.29 is 17.9 Å². The summed E-state index contributed by atoms with van der Waals surface area (Å²) in [6.45, 7) is 8.82. The predicted octanol–water partition coefficient (Wildman–Crippen LogP) is 1.90. The number of carbonyl (C=O) groups excluding carboxylic acids is 1. The van der Waals surface area contributed by atoms with Crippen molar-refractivity contribution in [3.63, 3.8) is 0 Å². The zero-order valence-electron chi connectivity index (χ0n) is 16.1. The normalized spacial score (nSPS) is 15.5. The van der Waals surface area contributed by atoms with Gasteiger partial charge in [-0.3, -0.25) is 10.2 Å². The van der Waals surface area contributed by atoms with Crippen LogP contribution in [0, 0.1) is 0 Å². The molecule has 0 saturated carbocycles. The molecule has 0 unspecified atom stereocenters. The molecule has 1 saturated heterocycles. The van der Waals surface area contributed by atoms with E-state index in [9.17, 15) is 13.2 Å². The first-order valence-corrected chi connectivity index (χ1v) is 11.2. The number of nitrogens with one attached hydrogen (secondary N) is 2. The molecule has 1 aliphatic rings. The second-order valence-electron chi connectivity index (χ2n) is 7.45. The van der Waals surface area contributed by atoms with Gasteiger partial charge in [0.1, 0.15) is 5.69 Å². The first kappa shape index (κ1) is 20.7. The maximum absolute atomic E-state index is 12.4. The van der Waals surface area contributed by atoms with Crippen molar-refractivity contribution in [3.8, 4) is 0 Å². The third-order valence-electron chi connectivity index (χ3n) is 4.34. The second-order valence-corrected chi connectivity index (χ2v) is 9.97.